The summed E-state index contributed by atoms with van der Waals surface area (Å²) >= 11 is 0. The summed E-state index contributed by atoms with van der Waals surface area (Å²) in [6.45, 7) is 4.23. The van der Waals surface area contributed by atoms with Crippen molar-refractivity contribution in [2.75, 3.05) is 0 Å². The van der Waals surface area contributed by atoms with Gasteiger partial charge in [0, 0.05) is 6.42 Å². The van der Waals surface area contributed by atoms with Crippen molar-refractivity contribution in [1.82, 2.24) is 0 Å². The molecule has 2 rings (SSSR count). The normalized spacial score (nSPS) is 10.5. The van der Waals surface area contributed by atoms with E-state index in [1.165, 1.54) is 22.3 Å². The summed E-state index contributed by atoms with van der Waals surface area (Å²) < 4.78 is 0. The number of hydrogen-bond acceptors (Lipinski definition) is 1. The van der Waals surface area contributed by atoms with Crippen molar-refractivity contribution in [3.05, 3.63) is 59.2 Å². The number of carboxylic acid groups (broad SMARTS) is 1. The van der Waals surface area contributed by atoms with E-state index in [1.807, 2.05) is 6.07 Å². The Morgan fingerprint density at radius 2 is 1.70 bits per heavy atom. The molecule has 1 N–H and O–H groups in total. The molecule has 2 nitrogen and oxygen atoms in total. The predicted molar refractivity (Wildman–Crippen MR) is 81.9 cm³/mol. The number of carboxylic acids is 1. The summed E-state index contributed by atoms with van der Waals surface area (Å²) in [6.07, 6.45) is 1.80. The lowest BCUT2D eigenvalue weighted by Crippen LogP contribution is -1.98. The van der Waals surface area contributed by atoms with Crippen molar-refractivity contribution < 1.29 is 9.90 Å². The summed E-state index contributed by atoms with van der Waals surface area (Å²) in [5.74, 6) is -0.751. The fourth-order valence-corrected chi connectivity index (χ4v) is 2.31. The first-order valence-corrected chi connectivity index (χ1v) is 7.00. The first-order valence-electron chi connectivity index (χ1n) is 7.00. The van der Waals surface area contributed by atoms with Gasteiger partial charge in [0.2, 0.25) is 0 Å². The molecular formula is C18H20O2. The van der Waals surface area contributed by atoms with Gasteiger partial charge in [0.05, 0.1) is 0 Å². The summed E-state index contributed by atoms with van der Waals surface area (Å²) in [4.78, 5) is 10.7. The van der Waals surface area contributed by atoms with Crippen LogP contribution >= 0.6 is 0 Å². The fourth-order valence-electron chi connectivity index (χ4n) is 2.31. The molecule has 2 aromatic rings. The third-order valence-electron chi connectivity index (χ3n) is 3.60. The molecule has 0 heterocycles. The number of aliphatic carboxylic acids is 1. The van der Waals surface area contributed by atoms with E-state index in [9.17, 15) is 4.79 Å². The van der Waals surface area contributed by atoms with Crippen molar-refractivity contribution in [3.63, 3.8) is 0 Å². The molecule has 0 aliphatic rings. The van der Waals surface area contributed by atoms with E-state index >= 15 is 0 Å². The van der Waals surface area contributed by atoms with Gasteiger partial charge in [-0.3, -0.25) is 4.79 Å². The zero-order valence-electron chi connectivity index (χ0n) is 12.0. The maximum atomic E-state index is 10.7. The highest BCUT2D eigenvalue weighted by Gasteiger charge is 2.05. The van der Waals surface area contributed by atoms with Crippen molar-refractivity contribution in [2.24, 2.45) is 0 Å². The second kappa shape index (κ2) is 6.38. The highest BCUT2D eigenvalue weighted by atomic mass is 16.4. The summed E-state index contributed by atoms with van der Waals surface area (Å²) in [7, 11) is 0. The Bertz CT molecular complexity index is 597. The van der Waals surface area contributed by atoms with Crippen LogP contribution in [0, 0.1) is 6.92 Å². The van der Waals surface area contributed by atoms with Crippen molar-refractivity contribution in [1.29, 1.82) is 0 Å². The van der Waals surface area contributed by atoms with Crippen LogP contribution in [0.25, 0.3) is 11.1 Å². The lowest BCUT2D eigenvalue weighted by atomic mass is 9.95. The highest BCUT2D eigenvalue weighted by Crippen LogP contribution is 2.25. The molecule has 0 fully saturated rings. The van der Waals surface area contributed by atoms with E-state index in [2.05, 4.69) is 50.2 Å². The maximum Gasteiger partial charge on any atom is 0.303 e. The van der Waals surface area contributed by atoms with Gasteiger partial charge in [-0.05, 0) is 47.6 Å². The smallest absolute Gasteiger partial charge is 0.303 e. The van der Waals surface area contributed by atoms with E-state index in [0.717, 1.165) is 12.0 Å². The molecule has 0 spiro atoms. The van der Waals surface area contributed by atoms with Crippen LogP contribution in [0.15, 0.2) is 42.5 Å². The van der Waals surface area contributed by atoms with Crippen molar-refractivity contribution in [2.45, 2.75) is 33.1 Å². The summed E-state index contributed by atoms with van der Waals surface area (Å²) in [6, 6.07) is 14.8. The third-order valence-corrected chi connectivity index (χ3v) is 3.60. The largest absolute Gasteiger partial charge is 0.481 e. The standard InChI is InChI=1S/C18H20O2/c1-3-14-6-9-16(10-7-14)17-12-15(5-4-13(17)2)8-11-18(19)20/h4-7,9-10,12H,3,8,11H2,1-2H3,(H,19,20). The lowest BCUT2D eigenvalue weighted by Gasteiger charge is -2.09. The van der Waals surface area contributed by atoms with Crippen LogP contribution in [0.4, 0.5) is 0 Å². The van der Waals surface area contributed by atoms with Gasteiger partial charge in [-0.25, -0.2) is 0 Å². The van der Waals surface area contributed by atoms with Gasteiger partial charge in [0.1, 0.15) is 0 Å². The Morgan fingerprint density at radius 1 is 1.05 bits per heavy atom. The van der Waals surface area contributed by atoms with Gasteiger partial charge >= 0.3 is 5.97 Å². The Balaban J connectivity index is 2.29. The van der Waals surface area contributed by atoms with Crippen LogP contribution in [0.2, 0.25) is 0 Å². The first kappa shape index (κ1) is 14.3. The minimum atomic E-state index is -0.751. The molecule has 0 saturated carbocycles. The lowest BCUT2D eigenvalue weighted by molar-refractivity contribution is -0.136. The van der Waals surface area contributed by atoms with E-state index in [0.29, 0.717) is 6.42 Å². The number of benzene rings is 2. The molecule has 2 heteroatoms. The molecule has 0 aromatic heterocycles. The number of aryl methyl sites for hydroxylation is 3. The van der Waals surface area contributed by atoms with E-state index < -0.39 is 5.97 Å². The molecule has 0 aliphatic heterocycles. The van der Waals surface area contributed by atoms with E-state index in [1.54, 1.807) is 0 Å². The molecular weight excluding hydrogens is 248 g/mol. The zero-order valence-corrected chi connectivity index (χ0v) is 12.0. The molecule has 2 aromatic carbocycles. The molecule has 0 amide bonds. The first-order chi connectivity index (χ1) is 9.60. The van der Waals surface area contributed by atoms with Gasteiger partial charge in [0.25, 0.3) is 0 Å². The zero-order chi connectivity index (χ0) is 14.5. The fraction of sp³-hybridized carbons (Fsp3) is 0.278. The van der Waals surface area contributed by atoms with Crippen molar-refractivity contribution >= 4 is 5.97 Å². The SMILES string of the molecule is CCc1ccc(-c2cc(CCC(=O)O)ccc2C)cc1. The van der Waals surface area contributed by atoms with Crippen LogP contribution < -0.4 is 0 Å². The molecule has 20 heavy (non-hydrogen) atoms. The number of carbonyl (C=O) groups is 1. The van der Waals surface area contributed by atoms with Gasteiger partial charge in [-0.15, -0.1) is 0 Å². The maximum absolute atomic E-state index is 10.7. The summed E-state index contributed by atoms with van der Waals surface area (Å²) in [5.41, 5.74) is 6.00. The van der Waals surface area contributed by atoms with Crippen LogP contribution in [-0.4, -0.2) is 11.1 Å². The minimum Gasteiger partial charge on any atom is -0.481 e. The second-order valence-electron chi connectivity index (χ2n) is 5.09. The van der Waals surface area contributed by atoms with Crippen LogP contribution in [0.3, 0.4) is 0 Å². The summed E-state index contributed by atoms with van der Waals surface area (Å²) in [5, 5.41) is 8.77. The molecule has 104 valence electrons. The highest BCUT2D eigenvalue weighted by molar-refractivity contribution is 5.69. The molecule has 0 unspecified atom stereocenters. The Hall–Kier alpha value is -2.09. The monoisotopic (exact) mass is 268 g/mol. The van der Waals surface area contributed by atoms with Crippen LogP contribution in [0.1, 0.15) is 30.0 Å². The molecule has 0 atom stereocenters. The van der Waals surface area contributed by atoms with Gasteiger partial charge in [-0.2, -0.15) is 0 Å². The number of rotatable bonds is 5. The van der Waals surface area contributed by atoms with Crippen LogP contribution in [-0.2, 0) is 17.6 Å². The van der Waals surface area contributed by atoms with E-state index in [4.69, 9.17) is 5.11 Å². The Morgan fingerprint density at radius 3 is 2.30 bits per heavy atom. The van der Waals surface area contributed by atoms with Gasteiger partial charge in [-0.1, -0.05) is 49.4 Å². The Kier molecular flexibility index (Phi) is 4.57. The average molecular weight is 268 g/mol. The topological polar surface area (TPSA) is 37.3 Å². The van der Waals surface area contributed by atoms with Gasteiger partial charge < -0.3 is 5.11 Å². The molecule has 0 radical (unpaired) electrons. The molecule has 0 aliphatic carbocycles. The molecule has 0 bridgehead atoms. The molecule has 0 saturated heterocycles. The Labute approximate surface area is 120 Å². The second-order valence-corrected chi connectivity index (χ2v) is 5.09. The average Bonchev–Trinajstić information content (AvgIpc) is 2.46. The van der Waals surface area contributed by atoms with Gasteiger partial charge in [0.15, 0.2) is 0 Å². The number of hydrogen-bond donors (Lipinski definition) is 1. The van der Waals surface area contributed by atoms with E-state index in [-0.39, 0.29) is 6.42 Å². The third kappa shape index (κ3) is 3.47. The quantitative estimate of drug-likeness (QED) is 0.880. The van der Waals surface area contributed by atoms with Crippen LogP contribution in [0.5, 0.6) is 0 Å². The minimum absolute atomic E-state index is 0.178. The predicted octanol–water partition coefficient (Wildman–Crippen LogP) is 4.24. The van der Waals surface area contributed by atoms with Crippen molar-refractivity contribution in [3.8, 4) is 11.1 Å².